The van der Waals surface area contributed by atoms with Crippen molar-refractivity contribution in [3.05, 3.63) is 0 Å². The zero-order valence-corrected chi connectivity index (χ0v) is 6.15. The minimum atomic E-state index is 0.936. The van der Waals surface area contributed by atoms with Crippen molar-refractivity contribution in [2.24, 2.45) is 17.8 Å². The van der Waals surface area contributed by atoms with Crippen LogP contribution in [0.3, 0.4) is 0 Å². The molecule has 0 radical (unpaired) electrons. The van der Waals surface area contributed by atoms with E-state index in [0.29, 0.717) is 0 Å². The van der Waals surface area contributed by atoms with Crippen LogP contribution in [0.4, 0.5) is 0 Å². The van der Waals surface area contributed by atoms with Crippen molar-refractivity contribution >= 4 is 0 Å². The van der Waals surface area contributed by atoms with E-state index in [1.165, 1.54) is 12.8 Å². The van der Waals surface area contributed by atoms with Crippen LogP contribution in [0.25, 0.3) is 0 Å². The summed E-state index contributed by atoms with van der Waals surface area (Å²) in [5, 5.41) is 0. The first-order valence-electron chi connectivity index (χ1n) is 3.70. The van der Waals surface area contributed by atoms with Crippen LogP contribution in [0, 0.1) is 17.8 Å². The summed E-state index contributed by atoms with van der Waals surface area (Å²) in [6.07, 6.45) is 2.97. The minimum absolute atomic E-state index is 0.936. The molecule has 0 heteroatoms. The maximum Gasteiger partial charge on any atom is -0.0386 e. The van der Waals surface area contributed by atoms with Crippen LogP contribution in [0.1, 0.15) is 33.6 Å². The molecule has 8 heavy (non-hydrogen) atoms. The quantitative estimate of drug-likeness (QED) is 0.489. The van der Waals surface area contributed by atoms with Gasteiger partial charge in [0.1, 0.15) is 0 Å². The summed E-state index contributed by atoms with van der Waals surface area (Å²) in [6.45, 7) is 7.01. The van der Waals surface area contributed by atoms with E-state index >= 15 is 0 Å². The lowest BCUT2D eigenvalue weighted by molar-refractivity contribution is 0.156. The number of rotatable bonds is 1. The molecule has 1 aliphatic rings. The Morgan fingerprint density at radius 1 is 1.25 bits per heavy atom. The van der Waals surface area contributed by atoms with E-state index < -0.39 is 0 Å². The lowest BCUT2D eigenvalue weighted by Gasteiger charge is -2.35. The fourth-order valence-electron chi connectivity index (χ4n) is 1.51. The summed E-state index contributed by atoms with van der Waals surface area (Å²) in [6, 6.07) is 0. The van der Waals surface area contributed by atoms with Gasteiger partial charge in [0.15, 0.2) is 0 Å². The van der Waals surface area contributed by atoms with E-state index in [9.17, 15) is 0 Å². The van der Waals surface area contributed by atoms with Gasteiger partial charge in [0.05, 0.1) is 0 Å². The summed E-state index contributed by atoms with van der Waals surface area (Å²) in [5.41, 5.74) is 0. The molecule has 0 N–H and O–H groups in total. The van der Waals surface area contributed by atoms with Crippen LogP contribution < -0.4 is 0 Å². The van der Waals surface area contributed by atoms with Crippen molar-refractivity contribution in [1.82, 2.24) is 0 Å². The molecule has 1 fully saturated rings. The molecule has 0 aromatic heterocycles. The Hall–Kier alpha value is 0. The molecular formula is C8H16. The van der Waals surface area contributed by atoms with Crippen LogP contribution >= 0.6 is 0 Å². The summed E-state index contributed by atoms with van der Waals surface area (Å²) in [7, 11) is 0. The normalized spacial score (nSPS) is 37.5. The number of hydrogen-bond donors (Lipinski definition) is 0. The van der Waals surface area contributed by atoms with Gasteiger partial charge in [-0.25, -0.2) is 0 Å². The Morgan fingerprint density at radius 2 is 1.75 bits per heavy atom. The van der Waals surface area contributed by atoms with Gasteiger partial charge in [-0.05, 0) is 30.6 Å². The Kier molecular flexibility index (Phi) is 1.59. The lowest BCUT2D eigenvalue weighted by Crippen LogP contribution is -2.25. The maximum atomic E-state index is 2.35. The largest absolute Gasteiger partial charge is 0.0625 e. The first kappa shape index (κ1) is 6.12. The molecule has 1 aliphatic carbocycles. The second-order valence-corrected chi connectivity index (χ2v) is 3.58. The van der Waals surface area contributed by atoms with E-state index in [-0.39, 0.29) is 0 Å². The van der Waals surface area contributed by atoms with Crippen LogP contribution in [0.5, 0.6) is 0 Å². The Morgan fingerprint density at radius 3 is 1.88 bits per heavy atom. The van der Waals surface area contributed by atoms with Crippen molar-refractivity contribution in [2.75, 3.05) is 0 Å². The molecule has 0 aromatic rings. The van der Waals surface area contributed by atoms with Crippen molar-refractivity contribution in [3.63, 3.8) is 0 Å². The van der Waals surface area contributed by atoms with Gasteiger partial charge < -0.3 is 0 Å². The zero-order chi connectivity index (χ0) is 6.15. The standard InChI is InChI=1S/C8H16/c1-6(2)8-4-7(3)5-8/h6-8H,4-5H2,1-3H3. The smallest absolute Gasteiger partial charge is 0.0386 e. The monoisotopic (exact) mass is 112 g/mol. The molecule has 0 atom stereocenters. The molecular weight excluding hydrogens is 96.1 g/mol. The minimum Gasteiger partial charge on any atom is -0.0625 e. The molecule has 48 valence electrons. The maximum absolute atomic E-state index is 2.35. The first-order valence-corrected chi connectivity index (χ1v) is 3.70. The molecule has 0 nitrogen and oxygen atoms in total. The van der Waals surface area contributed by atoms with Gasteiger partial charge in [-0.1, -0.05) is 20.8 Å². The molecule has 0 amide bonds. The highest BCUT2D eigenvalue weighted by Gasteiger charge is 2.27. The average Bonchev–Trinajstić information content (AvgIpc) is 1.57. The lowest BCUT2D eigenvalue weighted by atomic mass is 9.71. The third-order valence-corrected chi connectivity index (χ3v) is 2.35. The van der Waals surface area contributed by atoms with Gasteiger partial charge in [-0.2, -0.15) is 0 Å². The van der Waals surface area contributed by atoms with Crippen LogP contribution in [0.15, 0.2) is 0 Å². The molecule has 0 unspecified atom stereocenters. The zero-order valence-electron chi connectivity index (χ0n) is 6.15. The molecule has 0 heterocycles. The third-order valence-electron chi connectivity index (χ3n) is 2.35. The van der Waals surface area contributed by atoms with Crippen LogP contribution in [-0.2, 0) is 0 Å². The molecule has 0 spiro atoms. The fraction of sp³-hybridized carbons (Fsp3) is 1.00. The summed E-state index contributed by atoms with van der Waals surface area (Å²) >= 11 is 0. The van der Waals surface area contributed by atoms with Gasteiger partial charge in [-0.3, -0.25) is 0 Å². The molecule has 0 aromatic carbocycles. The average molecular weight is 112 g/mol. The van der Waals surface area contributed by atoms with Gasteiger partial charge in [0.25, 0.3) is 0 Å². The molecule has 0 aliphatic heterocycles. The van der Waals surface area contributed by atoms with Gasteiger partial charge in [0, 0.05) is 0 Å². The van der Waals surface area contributed by atoms with E-state index in [1.807, 2.05) is 0 Å². The van der Waals surface area contributed by atoms with Crippen molar-refractivity contribution < 1.29 is 0 Å². The van der Waals surface area contributed by atoms with Gasteiger partial charge in [0.2, 0.25) is 0 Å². The number of hydrogen-bond acceptors (Lipinski definition) is 0. The van der Waals surface area contributed by atoms with Crippen molar-refractivity contribution in [3.8, 4) is 0 Å². The highest BCUT2D eigenvalue weighted by Crippen LogP contribution is 2.37. The highest BCUT2D eigenvalue weighted by molar-refractivity contribution is 4.77. The summed E-state index contributed by atoms with van der Waals surface area (Å²) < 4.78 is 0. The second kappa shape index (κ2) is 2.08. The van der Waals surface area contributed by atoms with E-state index in [2.05, 4.69) is 20.8 Å². The van der Waals surface area contributed by atoms with Crippen LogP contribution in [0.2, 0.25) is 0 Å². The highest BCUT2D eigenvalue weighted by atomic mass is 14.3. The van der Waals surface area contributed by atoms with Gasteiger partial charge in [-0.15, -0.1) is 0 Å². The van der Waals surface area contributed by atoms with Crippen LogP contribution in [-0.4, -0.2) is 0 Å². The second-order valence-electron chi connectivity index (χ2n) is 3.58. The summed E-state index contributed by atoms with van der Waals surface area (Å²) in [5.74, 6) is 3.03. The fourth-order valence-corrected chi connectivity index (χ4v) is 1.51. The summed E-state index contributed by atoms with van der Waals surface area (Å²) in [4.78, 5) is 0. The molecule has 1 saturated carbocycles. The predicted molar refractivity (Wildman–Crippen MR) is 36.7 cm³/mol. The molecule has 0 bridgehead atoms. The topological polar surface area (TPSA) is 0 Å². The molecule has 1 rings (SSSR count). The van der Waals surface area contributed by atoms with Gasteiger partial charge >= 0.3 is 0 Å². The van der Waals surface area contributed by atoms with E-state index in [0.717, 1.165) is 17.8 Å². The third kappa shape index (κ3) is 1.04. The van der Waals surface area contributed by atoms with Crippen molar-refractivity contribution in [1.29, 1.82) is 0 Å². The SMILES string of the molecule is CC1CC(C(C)C)C1. The Labute approximate surface area is 52.3 Å². The Balaban J connectivity index is 2.15. The first-order chi connectivity index (χ1) is 3.70. The predicted octanol–water partition coefficient (Wildman–Crippen LogP) is 2.69. The molecule has 0 saturated heterocycles. The Bertz CT molecular complexity index is 68.1. The van der Waals surface area contributed by atoms with E-state index in [1.54, 1.807) is 0 Å². The van der Waals surface area contributed by atoms with Crippen molar-refractivity contribution in [2.45, 2.75) is 33.6 Å². The van der Waals surface area contributed by atoms with E-state index in [4.69, 9.17) is 0 Å².